The smallest absolute Gasteiger partial charge is 0.315 e. The molecular weight excluding hydrogens is 310 g/mol. The fraction of sp³-hybridized carbons (Fsp3) is 0.381. The Hall–Kier alpha value is -2.49. The Kier molecular flexibility index (Phi) is 5.94. The number of anilines is 1. The number of nitrogens with one attached hydrogen (secondary N) is 2. The summed E-state index contributed by atoms with van der Waals surface area (Å²) in [7, 11) is 0. The van der Waals surface area contributed by atoms with E-state index in [1.807, 2.05) is 18.2 Å². The first-order valence-corrected chi connectivity index (χ1v) is 9.10. The summed E-state index contributed by atoms with van der Waals surface area (Å²) in [4.78, 5) is 14.5. The van der Waals surface area contributed by atoms with E-state index in [1.54, 1.807) is 0 Å². The summed E-state index contributed by atoms with van der Waals surface area (Å²) >= 11 is 0. The monoisotopic (exact) mass is 337 g/mol. The molecule has 1 aliphatic rings. The molecule has 0 unspecified atom stereocenters. The zero-order valence-electron chi connectivity index (χ0n) is 14.9. The highest BCUT2D eigenvalue weighted by Gasteiger charge is 2.20. The molecule has 0 atom stereocenters. The molecule has 4 nitrogen and oxygen atoms in total. The number of carbonyl (C=O) groups is 1. The van der Waals surface area contributed by atoms with Crippen molar-refractivity contribution in [2.45, 2.75) is 32.2 Å². The van der Waals surface area contributed by atoms with Gasteiger partial charge in [-0.2, -0.15) is 0 Å². The first kappa shape index (κ1) is 17.3. The first-order valence-electron chi connectivity index (χ1n) is 9.10. The van der Waals surface area contributed by atoms with Crippen molar-refractivity contribution in [2.24, 2.45) is 0 Å². The third-order valence-corrected chi connectivity index (χ3v) is 4.74. The largest absolute Gasteiger partial charge is 0.371 e. The van der Waals surface area contributed by atoms with Crippen LogP contribution in [0.3, 0.4) is 0 Å². The zero-order chi connectivity index (χ0) is 17.5. The van der Waals surface area contributed by atoms with Crippen molar-refractivity contribution >= 4 is 11.7 Å². The van der Waals surface area contributed by atoms with E-state index in [1.165, 1.54) is 16.8 Å². The normalized spacial score (nSPS) is 15.0. The number of urea groups is 1. The molecule has 0 aliphatic carbocycles. The van der Waals surface area contributed by atoms with E-state index in [0.29, 0.717) is 6.54 Å². The molecule has 1 heterocycles. The second-order valence-corrected chi connectivity index (χ2v) is 6.74. The number of amides is 2. The molecule has 0 saturated carbocycles. The van der Waals surface area contributed by atoms with E-state index in [2.05, 4.69) is 58.9 Å². The van der Waals surface area contributed by atoms with Gasteiger partial charge in [-0.3, -0.25) is 0 Å². The number of nitrogens with zero attached hydrogens (tertiary/aromatic N) is 1. The summed E-state index contributed by atoms with van der Waals surface area (Å²) in [5.74, 6) is 0. The van der Waals surface area contributed by atoms with Crippen molar-refractivity contribution in [3.8, 4) is 0 Å². The van der Waals surface area contributed by atoms with Gasteiger partial charge in [0.2, 0.25) is 0 Å². The SMILES string of the molecule is Cc1cccc(N2CCC(NC(=O)NCCc3ccccc3)CC2)c1. The van der Waals surface area contributed by atoms with Crippen molar-refractivity contribution in [1.82, 2.24) is 10.6 Å². The summed E-state index contributed by atoms with van der Waals surface area (Å²) in [6.45, 7) is 4.76. The van der Waals surface area contributed by atoms with Crippen molar-refractivity contribution in [1.29, 1.82) is 0 Å². The molecule has 3 rings (SSSR count). The lowest BCUT2D eigenvalue weighted by Gasteiger charge is -2.34. The molecule has 2 aromatic rings. The molecule has 0 radical (unpaired) electrons. The predicted molar refractivity (Wildman–Crippen MR) is 103 cm³/mol. The summed E-state index contributed by atoms with van der Waals surface area (Å²) in [5, 5.41) is 6.08. The van der Waals surface area contributed by atoms with E-state index in [0.717, 1.165) is 32.4 Å². The van der Waals surface area contributed by atoms with Gasteiger partial charge in [-0.05, 0) is 49.4 Å². The van der Waals surface area contributed by atoms with Crippen molar-refractivity contribution in [2.75, 3.05) is 24.5 Å². The van der Waals surface area contributed by atoms with Gasteiger partial charge in [-0.15, -0.1) is 0 Å². The van der Waals surface area contributed by atoms with Gasteiger partial charge in [0, 0.05) is 31.4 Å². The zero-order valence-corrected chi connectivity index (χ0v) is 14.9. The Morgan fingerprint density at radius 1 is 1.08 bits per heavy atom. The van der Waals surface area contributed by atoms with Gasteiger partial charge in [0.1, 0.15) is 0 Å². The Bertz CT molecular complexity index is 679. The number of hydrogen-bond donors (Lipinski definition) is 2. The van der Waals surface area contributed by atoms with Crippen LogP contribution in [0, 0.1) is 6.92 Å². The van der Waals surface area contributed by atoms with E-state index in [4.69, 9.17) is 0 Å². The number of rotatable bonds is 5. The number of benzene rings is 2. The maximum absolute atomic E-state index is 12.1. The lowest BCUT2D eigenvalue weighted by molar-refractivity contribution is 0.234. The van der Waals surface area contributed by atoms with Crippen molar-refractivity contribution in [3.05, 3.63) is 65.7 Å². The van der Waals surface area contributed by atoms with E-state index >= 15 is 0 Å². The van der Waals surface area contributed by atoms with Crippen LogP contribution in [-0.2, 0) is 6.42 Å². The van der Waals surface area contributed by atoms with Gasteiger partial charge < -0.3 is 15.5 Å². The van der Waals surface area contributed by atoms with Gasteiger partial charge in [0.05, 0.1) is 0 Å². The fourth-order valence-corrected chi connectivity index (χ4v) is 3.31. The lowest BCUT2D eigenvalue weighted by atomic mass is 10.0. The van der Waals surface area contributed by atoms with E-state index in [9.17, 15) is 4.79 Å². The Labute approximate surface area is 150 Å². The second kappa shape index (κ2) is 8.56. The Morgan fingerprint density at radius 3 is 2.56 bits per heavy atom. The third kappa shape index (κ3) is 5.24. The van der Waals surface area contributed by atoms with Gasteiger partial charge in [-0.25, -0.2) is 4.79 Å². The predicted octanol–water partition coefficient (Wildman–Crippen LogP) is 3.51. The molecule has 2 N–H and O–H groups in total. The Balaban J connectivity index is 1.37. The van der Waals surface area contributed by atoms with Gasteiger partial charge >= 0.3 is 6.03 Å². The summed E-state index contributed by atoms with van der Waals surface area (Å²) in [6.07, 6.45) is 2.83. The maximum Gasteiger partial charge on any atom is 0.315 e. The minimum atomic E-state index is -0.0510. The van der Waals surface area contributed by atoms with Crippen LogP contribution >= 0.6 is 0 Å². The molecule has 4 heteroatoms. The van der Waals surface area contributed by atoms with E-state index < -0.39 is 0 Å². The summed E-state index contributed by atoms with van der Waals surface area (Å²) in [5.41, 5.74) is 3.82. The average molecular weight is 337 g/mol. The molecule has 2 amide bonds. The van der Waals surface area contributed by atoms with Crippen LogP contribution in [0.15, 0.2) is 54.6 Å². The van der Waals surface area contributed by atoms with Crippen LogP contribution in [0.4, 0.5) is 10.5 Å². The summed E-state index contributed by atoms with van der Waals surface area (Å²) in [6, 6.07) is 19.1. The van der Waals surface area contributed by atoms with Gasteiger partial charge in [0.25, 0.3) is 0 Å². The summed E-state index contributed by atoms with van der Waals surface area (Å²) < 4.78 is 0. The molecule has 25 heavy (non-hydrogen) atoms. The molecular formula is C21H27N3O. The van der Waals surface area contributed by atoms with Gasteiger partial charge in [-0.1, -0.05) is 42.5 Å². The second-order valence-electron chi connectivity index (χ2n) is 6.74. The fourth-order valence-electron chi connectivity index (χ4n) is 3.31. The average Bonchev–Trinajstić information content (AvgIpc) is 2.63. The van der Waals surface area contributed by atoms with Crippen LogP contribution in [0.25, 0.3) is 0 Å². The van der Waals surface area contributed by atoms with E-state index in [-0.39, 0.29) is 12.1 Å². The first-order chi connectivity index (χ1) is 12.2. The van der Waals surface area contributed by atoms with Crippen LogP contribution < -0.4 is 15.5 Å². The quantitative estimate of drug-likeness (QED) is 0.877. The van der Waals surface area contributed by atoms with Crippen LogP contribution in [0.1, 0.15) is 24.0 Å². The van der Waals surface area contributed by atoms with Crippen LogP contribution in [-0.4, -0.2) is 31.7 Å². The highest BCUT2D eigenvalue weighted by molar-refractivity contribution is 5.74. The van der Waals surface area contributed by atoms with Gasteiger partial charge in [0.15, 0.2) is 0 Å². The molecule has 2 aromatic carbocycles. The number of aryl methyl sites for hydroxylation is 1. The highest BCUT2D eigenvalue weighted by atomic mass is 16.2. The van der Waals surface area contributed by atoms with Crippen molar-refractivity contribution in [3.63, 3.8) is 0 Å². The van der Waals surface area contributed by atoms with Crippen LogP contribution in [0.2, 0.25) is 0 Å². The standard InChI is InChI=1S/C21H27N3O/c1-17-6-5-9-20(16-17)24-14-11-19(12-15-24)23-21(25)22-13-10-18-7-3-2-4-8-18/h2-9,16,19H,10-15H2,1H3,(H2,22,23,25). The molecule has 132 valence electrons. The number of carbonyl (C=O) groups excluding carboxylic acids is 1. The topological polar surface area (TPSA) is 44.4 Å². The maximum atomic E-state index is 12.1. The number of hydrogen-bond acceptors (Lipinski definition) is 2. The Morgan fingerprint density at radius 2 is 1.84 bits per heavy atom. The molecule has 0 spiro atoms. The minimum absolute atomic E-state index is 0.0510. The molecule has 0 aromatic heterocycles. The van der Waals surface area contributed by atoms with Crippen molar-refractivity contribution < 1.29 is 4.79 Å². The van der Waals surface area contributed by atoms with Crippen LogP contribution in [0.5, 0.6) is 0 Å². The molecule has 1 aliphatic heterocycles. The number of piperidine rings is 1. The minimum Gasteiger partial charge on any atom is -0.371 e. The molecule has 0 bridgehead atoms. The lowest BCUT2D eigenvalue weighted by Crippen LogP contribution is -2.48. The highest BCUT2D eigenvalue weighted by Crippen LogP contribution is 2.20. The third-order valence-electron chi connectivity index (χ3n) is 4.74. The molecule has 1 saturated heterocycles. The molecule has 1 fully saturated rings.